The Labute approximate surface area is 175 Å². The average molecular weight is 417 g/mol. The Balaban J connectivity index is 1.65. The van der Waals surface area contributed by atoms with Crippen molar-refractivity contribution < 1.29 is 0 Å². The summed E-state index contributed by atoms with van der Waals surface area (Å²) in [5.74, 6) is 0. The lowest BCUT2D eigenvalue weighted by Crippen LogP contribution is -2.28. The molecule has 8 heteroatoms. The molecule has 0 unspecified atom stereocenters. The van der Waals surface area contributed by atoms with Gasteiger partial charge in [-0.1, -0.05) is 23.7 Å². The standard InChI is InChI=1S/C20H25ClN6S/c1-5-26-12-17(13(2)24-26)10-22-20(28)23-19-14(3)25-27(15(19)4)11-16-7-6-8-18(21)9-16/h6-9,12H,5,10-11H2,1-4H3,(H2,22,23,28). The molecular formula is C20H25ClN6S. The molecule has 2 heterocycles. The normalized spacial score (nSPS) is 10.9. The first-order valence-electron chi connectivity index (χ1n) is 9.23. The third-order valence-corrected chi connectivity index (χ3v) is 5.13. The zero-order chi connectivity index (χ0) is 20.3. The van der Waals surface area contributed by atoms with Gasteiger partial charge in [-0.05, 0) is 57.6 Å². The fourth-order valence-electron chi connectivity index (χ4n) is 3.07. The van der Waals surface area contributed by atoms with Gasteiger partial charge in [0, 0.05) is 29.9 Å². The molecular weight excluding hydrogens is 392 g/mol. The van der Waals surface area contributed by atoms with Crippen LogP contribution in [-0.2, 0) is 19.6 Å². The molecule has 0 aliphatic carbocycles. The van der Waals surface area contributed by atoms with Crippen LogP contribution in [0.3, 0.4) is 0 Å². The predicted octanol–water partition coefficient (Wildman–Crippen LogP) is 4.21. The van der Waals surface area contributed by atoms with Crippen molar-refractivity contribution in [3.8, 4) is 0 Å². The largest absolute Gasteiger partial charge is 0.358 e. The van der Waals surface area contributed by atoms with Crippen molar-refractivity contribution in [3.05, 3.63) is 63.7 Å². The maximum Gasteiger partial charge on any atom is 0.171 e. The third kappa shape index (κ3) is 4.72. The molecule has 28 heavy (non-hydrogen) atoms. The Bertz CT molecular complexity index is 991. The zero-order valence-corrected chi connectivity index (χ0v) is 18.2. The lowest BCUT2D eigenvalue weighted by atomic mass is 10.2. The second-order valence-electron chi connectivity index (χ2n) is 6.74. The summed E-state index contributed by atoms with van der Waals surface area (Å²) in [6.45, 7) is 10.2. The second-order valence-corrected chi connectivity index (χ2v) is 7.58. The Kier molecular flexibility index (Phi) is 6.36. The highest BCUT2D eigenvalue weighted by molar-refractivity contribution is 7.80. The number of nitrogens with zero attached hydrogens (tertiary/aromatic N) is 4. The van der Waals surface area contributed by atoms with Crippen molar-refractivity contribution >= 4 is 34.6 Å². The number of benzene rings is 1. The van der Waals surface area contributed by atoms with Crippen LogP contribution in [0, 0.1) is 20.8 Å². The van der Waals surface area contributed by atoms with Crippen molar-refractivity contribution in [2.45, 2.75) is 47.3 Å². The third-order valence-electron chi connectivity index (χ3n) is 4.65. The number of thiocarbonyl (C=S) groups is 1. The molecule has 148 valence electrons. The summed E-state index contributed by atoms with van der Waals surface area (Å²) in [4.78, 5) is 0. The molecule has 2 aromatic heterocycles. The molecule has 0 aliphatic rings. The molecule has 0 saturated carbocycles. The minimum atomic E-state index is 0.567. The molecule has 0 atom stereocenters. The monoisotopic (exact) mass is 416 g/mol. The number of halogens is 1. The summed E-state index contributed by atoms with van der Waals surface area (Å²) in [6.07, 6.45) is 2.05. The van der Waals surface area contributed by atoms with Crippen molar-refractivity contribution in [2.75, 3.05) is 5.32 Å². The van der Waals surface area contributed by atoms with E-state index in [9.17, 15) is 0 Å². The van der Waals surface area contributed by atoms with E-state index in [0.717, 1.165) is 45.5 Å². The summed E-state index contributed by atoms with van der Waals surface area (Å²) >= 11 is 11.6. The van der Waals surface area contributed by atoms with E-state index in [1.54, 1.807) is 0 Å². The Morgan fingerprint density at radius 1 is 1.18 bits per heavy atom. The van der Waals surface area contributed by atoms with Crippen molar-refractivity contribution in [1.82, 2.24) is 24.9 Å². The van der Waals surface area contributed by atoms with Gasteiger partial charge >= 0.3 is 0 Å². The van der Waals surface area contributed by atoms with Crippen LogP contribution in [-0.4, -0.2) is 24.7 Å². The van der Waals surface area contributed by atoms with Crippen molar-refractivity contribution in [3.63, 3.8) is 0 Å². The minimum absolute atomic E-state index is 0.567. The molecule has 0 bridgehead atoms. The molecule has 0 fully saturated rings. The Morgan fingerprint density at radius 3 is 2.64 bits per heavy atom. The summed E-state index contributed by atoms with van der Waals surface area (Å²) < 4.78 is 3.89. The molecule has 0 spiro atoms. The molecule has 3 aromatic rings. The fraction of sp³-hybridized carbons (Fsp3) is 0.350. The number of hydrogen-bond acceptors (Lipinski definition) is 3. The Hall–Kier alpha value is -2.38. The van der Waals surface area contributed by atoms with Crippen LogP contribution in [0.15, 0.2) is 30.5 Å². The smallest absolute Gasteiger partial charge is 0.171 e. The van der Waals surface area contributed by atoms with E-state index in [1.165, 1.54) is 0 Å². The number of rotatable bonds is 6. The quantitative estimate of drug-likeness (QED) is 0.589. The zero-order valence-electron chi connectivity index (χ0n) is 16.6. The molecule has 0 saturated heterocycles. The van der Waals surface area contributed by atoms with Gasteiger partial charge in [0.2, 0.25) is 0 Å². The Morgan fingerprint density at radius 2 is 1.96 bits per heavy atom. The van der Waals surface area contributed by atoms with Crippen molar-refractivity contribution in [1.29, 1.82) is 0 Å². The van der Waals surface area contributed by atoms with E-state index in [-0.39, 0.29) is 0 Å². The van der Waals surface area contributed by atoms with Gasteiger partial charge in [0.25, 0.3) is 0 Å². The lowest BCUT2D eigenvalue weighted by molar-refractivity contribution is 0.653. The van der Waals surface area contributed by atoms with Gasteiger partial charge in [-0.25, -0.2) is 0 Å². The van der Waals surface area contributed by atoms with Crippen LogP contribution in [0.4, 0.5) is 5.69 Å². The van der Waals surface area contributed by atoms with Gasteiger partial charge in [0.1, 0.15) is 0 Å². The minimum Gasteiger partial charge on any atom is -0.358 e. The fourth-order valence-corrected chi connectivity index (χ4v) is 3.45. The summed E-state index contributed by atoms with van der Waals surface area (Å²) in [5.41, 5.74) is 6.11. The molecule has 6 nitrogen and oxygen atoms in total. The maximum atomic E-state index is 6.09. The second kappa shape index (κ2) is 8.75. The molecule has 0 radical (unpaired) electrons. The van der Waals surface area contributed by atoms with Crippen LogP contribution >= 0.6 is 23.8 Å². The van der Waals surface area contributed by atoms with E-state index in [0.29, 0.717) is 18.2 Å². The molecule has 3 rings (SSSR count). The predicted molar refractivity (Wildman–Crippen MR) is 118 cm³/mol. The van der Waals surface area contributed by atoms with E-state index >= 15 is 0 Å². The number of nitrogens with one attached hydrogen (secondary N) is 2. The molecule has 0 amide bonds. The summed E-state index contributed by atoms with van der Waals surface area (Å²) in [6, 6.07) is 7.82. The molecule has 0 aliphatic heterocycles. The van der Waals surface area contributed by atoms with Gasteiger partial charge in [-0.15, -0.1) is 0 Å². The lowest BCUT2D eigenvalue weighted by Gasteiger charge is -2.11. The van der Waals surface area contributed by atoms with E-state index in [2.05, 4.69) is 27.8 Å². The first kappa shape index (κ1) is 20.4. The number of anilines is 1. The van der Waals surface area contributed by atoms with E-state index in [4.69, 9.17) is 23.8 Å². The van der Waals surface area contributed by atoms with Crippen LogP contribution in [0.1, 0.15) is 35.1 Å². The van der Waals surface area contributed by atoms with Gasteiger partial charge in [0.15, 0.2) is 5.11 Å². The topological polar surface area (TPSA) is 59.7 Å². The number of aryl methyl sites for hydroxylation is 3. The average Bonchev–Trinajstić information content (AvgIpc) is 3.14. The first-order chi connectivity index (χ1) is 13.4. The van der Waals surface area contributed by atoms with Gasteiger partial charge in [-0.2, -0.15) is 10.2 Å². The summed E-state index contributed by atoms with van der Waals surface area (Å²) in [7, 11) is 0. The summed E-state index contributed by atoms with van der Waals surface area (Å²) in [5, 5.41) is 16.9. The molecule has 1 aromatic carbocycles. The number of aromatic nitrogens is 4. The van der Waals surface area contributed by atoms with Crippen LogP contribution in [0.2, 0.25) is 5.02 Å². The van der Waals surface area contributed by atoms with Crippen LogP contribution in [0.25, 0.3) is 0 Å². The van der Waals surface area contributed by atoms with E-state index < -0.39 is 0 Å². The first-order valence-corrected chi connectivity index (χ1v) is 10.0. The van der Waals surface area contributed by atoms with Crippen LogP contribution in [0.5, 0.6) is 0 Å². The SMILES string of the molecule is CCn1cc(CNC(=S)Nc2c(C)nn(Cc3cccc(Cl)c3)c2C)c(C)n1. The molecule has 2 N–H and O–H groups in total. The van der Waals surface area contributed by atoms with Gasteiger partial charge in [0.05, 0.1) is 29.3 Å². The van der Waals surface area contributed by atoms with E-state index in [1.807, 2.05) is 60.6 Å². The van der Waals surface area contributed by atoms with Gasteiger partial charge in [-0.3, -0.25) is 9.36 Å². The highest BCUT2D eigenvalue weighted by Gasteiger charge is 2.13. The highest BCUT2D eigenvalue weighted by Crippen LogP contribution is 2.21. The van der Waals surface area contributed by atoms with Crippen molar-refractivity contribution in [2.24, 2.45) is 0 Å². The number of hydrogen-bond donors (Lipinski definition) is 2. The van der Waals surface area contributed by atoms with Crippen LogP contribution < -0.4 is 10.6 Å². The van der Waals surface area contributed by atoms with Gasteiger partial charge < -0.3 is 10.6 Å². The highest BCUT2D eigenvalue weighted by atomic mass is 35.5. The maximum absolute atomic E-state index is 6.09.